The molecule has 0 aliphatic carbocycles. The highest BCUT2D eigenvalue weighted by atomic mass is 32.1. The van der Waals surface area contributed by atoms with Crippen molar-refractivity contribution in [1.29, 1.82) is 5.26 Å². The maximum absolute atomic E-state index is 12.7. The number of hydrogen-bond donors (Lipinski definition) is 0. The van der Waals surface area contributed by atoms with Crippen LogP contribution in [0.1, 0.15) is 23.7 Å². The lowest BCUT2D eigenvalue weighted by molar-refractivity contribution is 0.0276. The molecule has 0 N–H and O–H groups in total. The van der Waals surface area contributed by atoms with Crippen LogP contribution in [0, 0.1) is 11.3 Å². The van der Waals surface area contributed by atoms with E-state index in [2.05, 4.69) is 10.1 Å². The zero-order chi connectivity index (χ0) is 17.2. The Hall–Kier alpha value is -2.92. The molecule has 0 bridgehead atoms. The van der Waals surface area contributed by atoms with E-state index in [4.69, 9.17) is 10.00 Å². The van der Waals surface area contributed by atoms with Crippen molar-refractivity contribution in [3.05, 3.63) is 47.0 Å². The summed E-state index contributed by atoms with van der Waals surface area (Å²) < 4.78 is 5.69. The van der Waals surface area contributed by atoms with E-state index in [1.165, 1.54) is 11.3 Å². The second kappa shape index (κ2) is 6.53. The molecule has 1 unspecified atom stereocenters. The smallest absolute Gasteiger partial charge is 0.341 e. The molecule has 1 atom stereocenters. The number of carbonyl (C=O) groups is 1. The molecule has 126 valence electrons. The van der Waals surface area contributed by atoms with E-state index in [0.717, 1.165) is 12.0 Å². The van der Waals surface area contributed by atoms with Crippen LogP contribution >= 0.6 is 11.3 Å². The average molecular weight is 353 g/mol. The van der Waals surface area contributed by atoms with E-state index in [0.29, 0.717) is 24.0 Å². The number of nitrogens with zero attached hydrogens (tertiary/aromatic N) is 5. The van der Waals surface area contributed by atoms with Crippen LogP contribution in [0.2, 0.25) is 0 Å². The number of urea groups is 1. The summed E-state index contributed by atoms with van der Waals surface area (Å²) in [6, 6.07) is 11.7. The number of thiazole rings is 1. The summed E-state index contributed by atoms with van der Waals surface area (Å²) in [5, 5.41) is 16.7. The van der Waals surface area contributed by atoms with Crippen molar-refractivity contribution in [2.45, 2.75) is 18.6 Å². The van der Waals surface area contributed by atoms with Crippen LogP contribution in [0.15, 0.2) is 40.8 Å². The van der Waals surface area contributed by atoms with Crippen molar-refractivity contribution >= 4 is 23.6 Å². The van der Waals surface area contributed by atoms with Crippen molar-refractivity contribution in [2.75, 3.05) is 13.1 Å². The lowest BCUT2D eigenvalue weighted by Gasteiger charge is -2.40. The third-order valence-corrected chi connectivity index (χ3v) is 4.92. The summed E-state index contributed by atoms with van der Waals surface area (Å²) in [5.41, 5.74) is 1.43. The number of amides is 2. The molecule has 1 fully saturated rings. The minimum atomic E-state index is -0.112. The molecule has 1 aromatic heterocycles. The molecule has 1 saturated heterocycles. The molecule has 2 aromatic rings. The molecule has 2 aliphatic heterocycles. The predicted molar refractivity (Wildman–Crippen MR) is 92.3 cm³/mol. The molecule has 2 amide bonds. The molecule has 1 aromatic carbocycles. The fourth-order valence-electron chi connectivity index (χ4n) is 2.87. The Morgan fingerprint density at radius 3 is 2.84 bits per heavy atom. The predicted octanol–water partition coefficient (Wildman–Crippen LogP) is 2.63. The van der Waals surface area contributed by atoms with E-state index in [1.54, 1.807) is 21.5 Å². The zero-order valence-electron chi connectivity index (χ0n) is 13.3. The minimum absolute atomic E-state index is 0.0502. The van der Waals surface area contributed by atoms with E-state index in [9.17, 15) is 4.79 Å². The summed E-state index contributed by atoms with van der Waals surface area (Å²) in [7, 11) is 0. The summed E-state index contributed by atoms with van der Waals surface area (Å²) >= 11 is 1.29. The van der Waals surface area contributed by atoms with Crippen molar-refractivity contribution in [1.82, 2.24) is 14.9 Å². The molecule has 7 nitrogen and oxygen atoms in total. The van der Waals surface area contributed by atoms with Crippen molar-refractivity contribution in [2.24, 2.45) is 5.10 Å². The van der Waals surface area contributed by atoms with Gasteiger partial charge in [-0.05, 0) is 5.56 Å². The Bertz CT molecular complexity index is 838. The molecular formula is C17H15N5O2S. The van der Waals surface area contributed by atoms with Gasteiger partial charge >= 0.3 is 6.03 Å². The molecule has 4 rings (SSSR count). The van der Waals surface area contributed by atoms with Gasteiger partial charge in [0.05, 0.1) is 19.1 Å². The van der Waals surface area contributed by atoms with Gasteiger partial charge in [-0.1, -0.05) is 41.7 Å². The van der Waals surface area contributed by atoms with Gasteiger partial charge in [0, 0.05) is 18.0 Å². The molecule has 8 heteroatoms. The zero-order valence-corrected chi connectivity index (χ0v) is 14.1. The number of aromatic nitrogens is 1. The highest BCUT2D eigenvalue weighted by molar-refractivity contribution is 7.11. The Kier molecular flexibility index (Phi) is 4.07. The van der Waals surface area contributed by atoms with E-state index in [1.807, 2.05) is 36.4 Å². The van der Waals surface area contributed by atoms with E-state index < -0.39 is 0 Å². The second-order valence-electron chi connectivity index (χ2n) is 5.84. The number of likely N-dealkylation sites (tertiary alicyclic amines) is 1. The molecular weight excluding hydrogens is 338 g/mol. The van der Waals surface area contributed by atoms with Gasteiger partial charge < -0.3 is 9.64 Å². The van der Waals surface area contributed by atoms with E-state index in [-0.39, 0.29) is 18.2 Å². The van der Waals surface area contributed by atoms with Crippen LogP contribution in [0.3, 0.4) is 0 Å². The lowest BCUT2D eigenvalue weighted by atomic mass is 10.0. The SMILES string of the molecule is N#Cc1csc(OC2CN(C(=O)N3N=CCC3c3ccccc3)C2)n1. The van der Waals surface area contributed by atoms with Crippen molar-refractivity contribution < 1.29 is 9.53 Å². The molecule has 0 saturated carbocycles. The van der Waals surface area contributed by atoms with Gasteiger partial charge in [0.2, 0.25) is 0 Å². The first-order valence-electron chi connectivity index (χ1n) is 7.92. The maximum atomic E-state index is 12.7. The topological polar surface area (TPSA) is 81.8 Å². The van der Waals surface area contributed by atoms with Gasteiger partial charge in [0.15, 0.2) is 5.69 Å². The third-order valence-electron chi connectivity index (χ3n) is 4.19. The second-order valence-corrected chi connectivity index (χ2v) is 6.66. The first-order valence-corrected chi connectivity index (χ1v) is 8.80. The summed E-state index contributed by atoms with van der Waals surface area (Å²) in [6.07, 6.45) is 2.41. The maximum Gasteiger partial charge on any atom is 0.341 e. The molecule has 3 heterocycles. The van der Waals surface area contributed by atoms with Gasteiger partial charge in [-0.2, -0.15) is 15.3 Å². The molecule has 0 radical (unpaired) electrons. The Morgan fingerprint density at radius 2 is 2.12 bits per heavy atom. The van der Waals surface area contributed by atoms with Gasteiger partial charge in [-0.25, -0.2) is 9.80 Å². The number of hydrogen-bond acceptors (Lipinski definition) is 6. The van der Waals surface area contributed by atoms with Gasteiger partial charge in [0.1, 0.15) is 12.2 Å². The van der Waals surface area contributed by atoms with Gasteiger partial charge in [-0.15, -0.1) is 0 Å². The Morgan fingerprint density at radius 1 is 1.32 bits per heavy atom. The van der Waals surface area contributed by atoms with Crippen molar-refractivity contribution in [3.8, 4) is 11.3 Å². The molecule has 2 aliphatic rings. The number of carbonyl (C=O) groups excluding carboxylic acids is 1. The van der Waals surface area contributed by atoms with Crippen LogP contribution in [-0.4, -0.2) is 46.3 Å². The quantitative estimate of drug-likeness (QED) is 0.849. The van der Waals surface area contributed by atoms with Crippen LogP contribution in [-0.2, 0) is 0 Å². The largest absolute Gasteiger partial charge is 0.463 e. The third kappa shape index (κ3) is 3.06. The van der Waals surface area contributed by atoms with E-state index >= 15 is 0 Å². The number of rotatable bonds is 3. The summed E-state index contributed by atoms with van der Waals surface area (Å²) in [5.74, 6) is 0. The van der Waals surface area contributed by atoms with Crippen LogP contribution in [0.5, 0.6) is 5.19 Å². The average Bonchev–Trinajstić information content (AvgIpc) is 3.27. The van der Waals surface area contributed by atoms with Gasteiger partial charge in [-0.3, -0.25) is 0 Å². The Labute approximate surface area is 148 Å². The summed E-state index contributed by atoms with van der Waals surface area (Å²) in [4.78, 5) is 18.4. The lowest BCUT2D eigenvalue weighted by Crippen LogP contribution is -2.58. The first kappa shape index (κ1) is 15.6. The fraction of sp³-hybridized carbons (Fsp3) is 0.294. The minimum Gasteiger partial charge on any atom is -0.463 e. The van der Waals surface area contributed by atoms with Crippen LogP contribution < -0.4 is 4.74 Å². The standard InChI is InChI=1S/C17H15N5O2S/c18-8-13-11-25-16(20-13)24-14-9-21(10-14)17(23)22-15(6-7-19-22)12-4-2-1-3-5-12/h1-5,7,11,14-15H,6,9-10H2. The number of nitriles is 1. The highest BCUT2D eigenvalue weighted by Gasteiger charge is 2.39. The summed E-state index contributed by atoms with van der Waals surface area (Å²) in [6.45, 7) is 0.988. The molecule has 0 spiro atoms. The van der Waals surface area contributed by atoms with Crippen LogP contribution in [0.25, 0.3) is 0 Å². The Balaban J connectivity index is 1.35. The number of hydrazone groups is 1. The molecule has 25 heavy (non-hydrogen) atoms. The van der Waals surface area contributed by atoms with Crippen molar-refractivity contribution in [3.63, 3.8) is 0 Å². The highest BCUT2D eigenvalue weighted by Crippen LogP contribution is 2.30. The monoisotopic (exact) mass is 353 g/mol. The first-order chi connectivity index (χ1) is 12.2. The van der Waals surface area contributed by atoms with Crippen LogP contribution in [0.4, 0.5) is 4.79 Å². The number of benzene rings is 1. The fourth-order valence-corrected chi connectivity index (χ4v) is 3.53. The van der Waals surface area contributed by atoms with Gasteiger partial charge in [0.25, 0.3) is 5.19 Å². The normalized spacial score (nSPS) is 19.6. The number of ether oxygens (including phenoxy) is 1.